The van der Waals surface area contributed by atoms with Gasteiger partial charge in [-0.3, -0.25) is 14.3 Å². The molecule has 0 fully saturated rings. The van der Waals surface area contributed by atoms with Gasteiger partial charge in [0.15, 0.2) is 5.69 Å². The molecular weight excluding hydrogens is 366 g/mol. The Morgan fingerprint density at radius 2 is 1.82 bits per heavy atom. The van der Waals surface area contributed by atoms with Crippen molar-refractivity contribution in [2.45, 2.75) is 13.1 Å². The Labute approximate surface area is 159 Å². The van der Waals surface area contributed by atoms with E-state index in [4.69, 9.17) is 0 Å². The molecule has 142 valence electrons. The number of nitrogens with zero attached hydrogens (tertiary/aromatic N) is 3. The van der Waals surface area contributed by atoms with E-state index in [0.717, 1.165) is 0 Å². The number of carbonyl (C=O) groups is 2. The quantitative estimate of drug-likeness (QED) is 0.754. The largest absolute Gasteiger partial charge is 0.331 e. The van der Waals surface area contributed by atoms with E-state index in [9.17, 15) is 18.4 Å². The van der Waals surface area contributed by atoms with E-state index < -0.39 is 11.7 Å². The number of halogens is 2. The van der Waals surface area contributed by atoms with Gasteiger partial charge in [-0.25, -0.2) is 8.78 Å². The summed E-state index contributed by atoms with van der Waals surface area (Å²) >= 11 is 0. The highest BCUT2D eigenvalue weighted by molar-refractivity contribution is 6.04. The summed E-state index contributed by atoms with van der Waals surface area (Å²) in [4.78, 5) is 26.7. The number of aromatic nitrogens is 2. The van der Waals surface area contributed by atoms with E-state index in [1.54, 1.807) is 17.0 Å². The molecule has 1 aromatic heterocycles. The first-order valence-corrected chi connectivity index (χ1v) is 8.68. The Balaban J connectivity index is 1.49. The first kappa shape index (κ1) is 17.8. The fourth-order valence-electron chi connectivity index (χ4n) is 3.08. The van der Waals surface area contributed by atoms with Gasteiger partial charge >= 0.3 is 0 Å². The number of amides is 2. The number of rotatable bonds is 4. The zero-order valence-corrected chi connectivity index (χ0v) is 14.7. The maximum atomic E-state index is 13.4. The maximum Gasteiger partial charge on any atom is 0.276 e. The summed E-state index contributed by atoms with van der Waals surface area (Å²) in [7, 11) is 0. The molecule has 1 aliphatic rings. The van der Waals surface area contributed by atoms with E-state index in [1.165, 1.54) is 47.1 Å². The van der Waals surface area contributed by atoms with Gasteiger partial charge in [-0.15, -0.1) is 0 Å². The molecule has 2 amide bonds. The van der Waals surface area contributed by atoms with E-state index in [0.29, 0.717) is 30.0 Å². The second kappa shape index (κ2) is 7.22. The Bertz CT molecular complexity index is 1050. The van der Waals surface area contributed by atoms with Crippen LogP contribution in [0.25, 0.3) is 0 Å². The Morgan fingerprint density at radius 1 is 1.04 bits per heavy atom. The third-order valence-electron chi connectivity index (χ3n) is 4.47. The lowest BCUT2D eigenvalue weighted by Crippen LogP contribution is -2.39. The summed E-state index contributed by atoms with van der Waals surface area (Å²) in [5.41, 5.74) is 1.51. The Hall–Kier alpha value is -3.55. The normalized spacial score (nSPS) is 13.4. The molecule has 6 nitrogen and oxygen atoms in total. The second-order valence-electron chi connectivity index (χ2n) is 6.46. The highest BCUT2D eigenvalue weighted by Gasteiger charge is 2.28. The van der Waals surface area contributed by atoms with Crippen LogP contribution < -0.4 is 5.32 Å². The summed E-state index contributed by atoms with van der Waals surface area (Å²) < 4.78 is 27.8. The Morgan fingerprint density at radius 3 is 2.57 bits per heavy atom. The highest BCUT2D eigenvalue weighted by Crippen LogP contribution is 2.18. The van der Waals surface area contributed by atoms with Gasteiger partial charge in [0.1, 0.15) is 17.3 Å². The zero-order chi connectivity index (χ0) is 19.7. The van der Waals surface area contributed by atoms with Crippen molar-refractivity contribution < 1.29 is 18.4 Å². The average molecular weight is 382 g/mol. The predicted molar refractivity (Wildman–Crippen MR) is 97.7 cm³/mol. The van der Waals surface area contributed by atoms with Crippen molar-refractivity contribution >= 4 is 17.5 Å². The van der Waals surface area contributed by atoms with Crippen LogP contribution in [0.5, 0.6) is 0 Å². The molecular formula is C20H16F2N4O2. The molecule has 0 unspecified atom stereocenters. The van der Waals surface area contributed by atoms with Gasteiger partial charge in [-0.1, -0.05) is 12.1 Å². The first-order valence-electron chi connectivity index (χ1n) is 8.68. The summed E-state index contributed by atoms with van der Waals surface area (Å²) in [5.74, 6) is -1.52. The molecule has 0 bridgehead atoms. The molecule has 2 aromatic carbocycles. The molecule has 1 aliphatic heterocycles. The molecule has 0 aliphatic carbocycles. The van der Waals surface area contributed by atoms with Crippen molar-refractivity contribution in [2.75, 3.05) is 11.9 Å². The maximum absolute atomic E-state index is 13.4. The van der Waals surface area contributed by atoms with Gasteiger partial charge in [0.2, 0.25) is 0 Å². The summed E-state index contributed by atoms with van der Waals surface area (Å²) in [6.45, 7) is 1.11. The number of fused-ring (bicyclic) bond motifs is 1. The molecule has 0 atom stereocenters. The third-order valence-corrected chi connectivity index (χ3v) is 4.47. The monoisotopic (exact) mass is 382 g/mol. The fraction of sp³-hybridized carbons (Fsp3) is 0.150. The minimum Gasteiger partial charge on any atom is -0.331 e. The summed E-state index contributed by atoms with van der Waals surface area (Å²) in [6, 6.07) is 12.9. The van der Waals surface area contributed by atoms with Crippen LogP contribution in [0.3, 0.4) is 0 Å². The minimum absolute atomic E-state index is 0.0975. The lowest BCUT2D eigenvalue weighted by molar-refractivity contribution is 0.0683. The molecule has 28 heavy (non-hydrogen) atoms. The lowest BCUT2D eigenvalue weighted by atomic mass is 10.2. The molecule has 1 N–H and O–H groups in total. The third kappa shape index (κ3) is 3.62. The molecule has 0 spiro atoms. The molecule has 2 heterocycles. The van der Waals surface area contributed by atoms with Crippen molar-refractivity contribution in [3.8, 4) is 0 Å². The van der Waals surface area contributed by atoms with Gasteiger partial charge in [0, 0.05) is 24.8 Å². The number of hydrogen-bond acceptors (Lipinski definition) is 3. The SMILES string of the molecule is O=C(Nc1ccc(F)cc1)c1cc2n(n1)CCN(Cc1cccc(F)c1)C2=O. The van der Waals surface area contributed by atoms with Crippen molar-refractivity contribution in [2.24, 2.45) is 0 Å². The number of anilines is 1. The van der Waals surface area contributed by atoms with Crippen LogP contribution >= 0.6 is 0 Å². The van der Waals surface area contributed by atoms with Crippen molar-refractivity contribution in [3.05, 3.63) is 83.2 Å². The van der Waals surface area contributed by atoms with Crippen LogP contribution in [0.1, 0.15) is 26.5 Å². The lowest BCUT2D eigenvalue weighted by Gasteiger charge is -2.27. The standard InChI is InChI=1S/C20H16F2N4O2/c21-14-4-6-16(7-5-14)23-19(27)17-11-18-20(28)25(8-9-26(18)24-17)12-13-2-1-3-15(22)10-13/h1-7,10-11H,8-9,12H2,(H,23,27). The molecule has 0 saturated heterocycles. The number of nitrogens with one attached hydrogen (secondary N) is 1. The Kier molecular flexibility index (Phi) is 4.60. The van der Waals surface area contributed by atoms with Crippen molar-refractivity contribution in [1.82, 2.24) is 14.7 Å². The molecule has 0 saturated carbocycles. The minimum atomic E-state index is -0.488. The van der Waals surface area contributed by atoms with Crippen LogP contribution in [-0.2, 0) is 13.1 Å². The van der Waals surface area contributed by atoms with E-state index in [1.807, 2.05) is 0 Å². The van der Waals surface area contributed by atoms with E-state index in [2.05, 4.69) is 10.4 Å². The predicted octanol–water partition coefficient (Wildman–Crippen LogP) is 3.07. The van der Waals surface area contributed by atoms with Gasteiger partial charge < -0.3 is 10.2 Å². The average Bonchev–Trinajstić information content (AvgIpc) is 3.11. The molecule has 3 aromatic rings. The van der Waals surface area contributed by atoms with Gasteiger partial charge in [-0.2, -0.15) is 5.10 Å². The van der Waals surface area contributed by atoms with E-state index in [-0.39, 0.29) is 24.0 Å². The van der Waals surface area contributed by atoms with Gasteiger partial charge in [0.25, 0.3) is 11.8 Å². The topological polar surface area (TPSA) is 67.2 Å². The van der Waals surface area contributed by atoms with Gasteiger partial charge in [-0.05, 0) is 42.0 Å². The number of hydrogen-bond donors (Lipinski definition) is 1. The van der Waals surface area contributed by atoms with E-state index >= 15 is 0 Å². The van der Waals surface area contributed by atoms with Crippen LogP contribution in [-0.4, -0.2) is 33.0 Å². The summed E-state index contributed by atoms with van der Waals surface area (Å²) in [6.07, 6.45) is 0. The molecule has 0 radical (unpaired) electrons. The van der Waals surface area contributed by atoms with Crippen LogP contribution in [0, 0.1) is 11.6 Å². The highest BCUT2D eigenvalue weighted by atomic mass is 19.1. The molecule has 4 rings (SSSR count). The number of benzene rings is 2. The summed E-state index contributed by atoms with van der Waals surface area (Å²) in [5, 5.41) is 6.81. The van der Waals surface area contributed by atoms with Crippen LogP contribution in [0.4, 0.5) is 14.5 Å². The van der Waals surface area contributed by atoms with Crippen molar-refractivity contribution in [3.63, 3.8) is 0 Å². The second-order valence-corrected chi connectivity index (χ2v) is 6.46. The zero-order valence-electron chi connectivity index (χ0n) is 14.7. The van der Waals surface area contributed by atoms with Crippen LogP contribution in [0.2, 0.25) is 0 Å². The van der Waals surface area contributed by atoms with Crippen LogP contribution in [0.15, 0.2) is 54.6 Å². The first-order chi connectivity index (χ1) is 13.5. The molecule has 8 heteroatoms. The van der Waals surface area contributed by atoms with Crippen molar-refractivity contribution in [1.29, 1.82) is 0 Å². The smallest absolute Gasteiger partial charge is 0.276 e. The van der Waals surface area contributed by atoms with Gasteiger partial charge in [0.05, 0.1) is 6.54 Å². The fourth-order valence-corrected chi connectivity index (χ4v) is 3.08. The number of carbonyl (C=O) groups excluding carboxylic acids is 2.